The van der Waals surface area contributed by atoms with Gasteiger partial charge in [-0.05, 0) is 49.2 Å². The normalized spacial score (nSPS) is 17.1. The number of carbonyl (C=O) groups is 1. The van der Waals surface area contributed by atoms with Gasteiger partial charge in [-0.15, -0.1) is 0 Å². The summed E-state index contributed by atoms with van der Waals surface area (Å²) in [5.74, 6) is -0.881. The highest BCUT2D eigenvalue weighted by Gasteiger charge is 2.33. The monoisotopic (exact) mass is 456 g/mol. The molecule has 10 heteroatoms. The summed E-state index contributed by atoms with van der Waals surface area (Å²) in [6, 6.07) is 11.2. The van der Waals surface area contributed by atoms with Gasteiger partial charge in [0, 0.05) is 18.7 Å². The number of aromatic hydroxyl groups is 1. The zero-order valence-electron chi connectivity index (χ0n) is 17.0. The minimum atomic E-state index is -3.82. The SMILES string of the molecule is O=C(Nc1cnc(-c2cccc(O)c2)nc1)C1CCCN(S(=O)(=O)c2ccc(F)cc2)C1. The molecule has 8 nitrogen and oxygen atoms in total. The molecule has 1 amide bonds. The molecule has 1 atom stereocenters. The van der Waals surface area contributed by atoms with Gasteiger partial charge in [0.2, 0.25) is 15.9 Å². The van der Waals surface area contributed by atoms with Crippen LogP contribution in [0, 0.1) is 11.7 Å². The number of benzene rings is 2. The Bertz CT molecular complexity index is 1220. The number of piperidine rings is 1. The highest BCUT2D eigenvalue weighted by atomic mass is 32.2. The van der Waals surface area contributed by atoms with Crippen LogP contribution in [0.15, 0.2) is 65.8 Å². The average Bonchev–Trinajstić information content (AvgIpc) is 2.80. The van der Waals surface area contributed by atoms with Crippen molar-refractivity contribution in [3.05, 3.63) is 66.7 Å². The van der Waals surface area contributed by atoms with Crippen molar-refractivity contribution in [3.8, 4) is 17.1 Å². The largest absolute Gasteiger partial charge is 0.508 e. The third kappa shape index (κ3) is 4.76. The quantitative estimate of drug-likeness (QED) is 0.610. The van der Waals surface area contributed by atoms with E-state index in [1.54, 1.807) is 18.2 Å². The first-order valence-corrected chi connectivity index (χ1v) is 11.4. The highest BCUT2D eigenvalue weighted by molar-refractivity contribution is 7.89. The minimum absolute atomic E-state index is 0.00380. The Kier molecular flexibility index (Phi) is 6.15. The van der Waals surface area contributed by atoms with Crippen LogP contribution in [0.25, 0.3) is 11.4 Å². The molecule has 1 unspecified atom stereocenters. The van der Waals surface area contributed by atoms with Crippen LogP contribution >= 0.6 is 0 Å². The van der Waals surface area contributed by atoms with E-state index in [4.69, 9.17) is 0 Å². The van der Waals surface area contributed by atoms with Crippen LogP contribution in [0.4, 0.5) is 10.1 Å². The smallest absolute Gasteiger partial charge is 0.243 e. The Morgan fingerprint density at radius 2 is 1.84 bits per heavy atom. The summed E-state index contributed by atoms with van der Waals surface area (Å²) in [6.07, 6.45) is 4.00. The fourth-order valence-electron chi connectivity index (χ4n) is 3.56. The van der Waals surface area contributed by atoms with Crippen molar-refractivity contribution in [2.45, 2.75) is 17.7 Å². The van der Waals surface area contributed by atoms with Gasteiger partial charge in [-0.25, -0.2) is 22.8 Å². The van der Waals surface area contributed by atoms with Gasteiger partial charge in [-0.2, -0.15) is 4.31 Å². The number of nitrogens with zero attached hydrogens (tertiary/aromatic N) is 3. The lowest BCUT2D eigenvalue weighted by Crippen LogP contribution is -2.43. The molecule has 166 valence electrons. The van der Waals surface area contributed by atoms with Gasteiger partial charge in [-0.1, -0.05) is 12.1 Å². The van der Waals surface area contributed by atoms with Crippen molar-refractivity contribution in [2.75, 3.05) is 18.4 Å². The Hall–Kier alpha value is -3.37. The number of rotatable bonds is 5. The summed E-state index contributed by atoms with van der Waals surface area (Å²) < 4.78 is 40.1. The number of anilines is 1. The van der Waals surface area contributed by atoms with E-state index in [0.717, 1.165) is 12.1 Å². The van der Waals surface area contributed by atoms with E-state index < -0.39 is 21.8 Å². The first-order valence-electron chi connectivity index (χ1n) is 10.0. The summed E-state index contributed by atoms with van der Waals surface area (Å²) in [7, 11) is -3.82. The van der Waals surface area contributed by atoms with Crippen LogP contribution in [0.1, 0.15) is 12.8 Å². The summed E-state index contributed by atoms with van der Waals surface area (Å²) in [5, 5.41) is 12.3. The molecule has 2 heterocycles. The van der Waals surface area contributed by atoms with Gasteiger partial charge in [0.05, 0.1) is 28.9 Å². The Balaban J connectivity index is 1.43. The van der Waals surface area contributed by atoms with Crippen LogP contribution in [0.2, 0.25) is 0 Å². The van der Waals surface area contributed by atoms with E-state index >= 15 is 0 Å². The van der Waals surface area contributed by atoms with E-state index in [1.807, 2.05) is 0 Å². The zero-order valence-corrected chi connectivity index (χ0v) is 17.8. The molecule has 0 bridgehead atoms. The molecule has 1 aliphatic heterocycles. The Morgan fingerprint density at radius 1 is 1.12 bits per heavy atom. The van der Waals surface area contributed by atoms with Crippen molar-refractivity contribution in [3.63, 3.8) is 0 Å². The van der Waals surface area contributed by atoms with Crippen molar-refractivity contribution in [1.82, 2.24) is 14.3 Å². The second kappa shape index (κ2) is 9.01. The molecule has 1 fully saturated rings. The molecule has 3 aromatic rings. The molecule has 4 rings (SSSR count). The fraction of sp³-hybridized carbons (Fsp3) is 0.227. The highest BCUT2D eigenvalue weighted by Crippen LogP contribution is 2.25. The minimum Gasteiger partial charge on any atom is -0.508 e. The third-order valence-corrected chi connectivity index (χ3v) is 7.11. The molecule has 1 saturated heterocycles. The second-order valence-electron chi connectivity index (χ2n) is 7.49. The number of phenols is 1. The number of nitrogens with one attached hydrogen (secondary N) is 1. The van der Waals surface area contributed by atoms with E-state index in [0.29, 0.717) is 36.5 Å². The van der Waals surface area contributed by atoms with Crippen LogP contribution in [0.5, 0.6) is 5.75 Å². The molecule has 0 spiro atoms. The maximum atomic E-state index is 13.1. The molecule has 1 aliphatic rings. The molecule has 2 N–H and O–H groups in total. The third-order valence-electron chi connectivity index (χ3n) is 5.23. The predicted octanol–water partition coefficient (Wildman–Crippen LogP) is 3.03. The second-order valence-corrected chi connectivity index (χ2v) is 9.43. The van der Waals surface area contributed by atoms with Gasteiger partial charge in [-0.3, -0.25) is 4.79 Å². The summed E-state index contributed by atoms with van der Waals surface area (Å²) >= 11 is 0. The molecule has 0 saturated carbocycles. The maximum Gasteiger partial charge on any atom is 0.243 e. The number of hydrogen-bond acceptors (Lipinski definition) is 6. The topological polar surface area (TPSA) is 112 Å². The number of aromatic nitrogens is 2. The van der Waals surface area contributed by atoms with E-state index in [1.165, 1.54) is 34.9 Å². The van der Waals surface area contributed by atoms with Gasteiger partial charge in [0.15, 0.2) is 5.82 Å². The predicted molar refractivity (Wildman–Crippen MR) is 116 cm³/mol. The molecular weight excluding hydrogens is 435 g/mol. The van der Waals surface area contributed by atoms with E-state index in [9.17, 15) is 22.7 Å². The van der Waals surface area contributed by atoms with Crippen LogP contribution in [0.3, 0.4) is 0 Å². The summed E-state index contributed by atoms with van der Waals surface area (Å²) in [5.41, 5.74) is 1.02. The van der Waals surface area contributed by atoms with Crippen molar-refractivity contribution >= 4 is 21.6 Å². The molecule has 0 radical (unpaired) electrons. The zero-order chi connectivity index (χ0) is 22.7. The number of carbonyl (C=O) groups excluding carboxylic acids is 1. The number of halogens is 1. The van der Waals surface area contributed by atoms with E-state index in [-0.39, 0.29) is 23.1 Å². The number of amides is 1. The average molecular weight is 456 g/mol. The van der Waals surface area contributed by atoms with E-state index in [2.05, 4.69) is 15.3 Å². The molecule has 1 aromatic heterocycles. The van der Waals surface area contributed by atoms with Crippen LogP contribution in [-0.4, -0.2) is 46.8 Å². The van der Waals surface area contributed by atoms with Gasteiger partial charge in [0.25, 0.3) is 0 Å². The van der Waals surface area contributed by atoms with Crippen LogP contribution < -0.4 is 5.32 Å². The van der Waals surface area contributed by atoms with Gasteiger partial charge in [0.1, 0.15) is 11.6 Å². The number of sulfonamides is 1. The molecule has 2 aromatic carbocycles. The lowest BCUT2D eigenvalue weighted by Gasteiger charge is -2.31. The number of phenolic OH excluding ortho intramolecular Hbond substituents is 1. The molecule has 0 aliphatic carbocycles. The summed E-state index contributed by atoms with van der Waals surface area (Å²) in [4.78, 5) is 21.2. The lowest BCUT2D eigenvalue weighted by molar-refractivity contribution is -0.120. The summed E-state index contributed by atoms with van der Waals surface area (Å²) in [6.45, 7) is 0.332. The lowest BCUT2D eigenvalue weighted by atomic mass is 9.99. The fourth-order valence-corrected chi connectivity index (χ4v) is 5.09. The van der Waals surface area contributed by atoms with Gasteiger partial charge >= 0.3 is 0 Å². The maximum absolute atomic E-state index is 13.1. The van der Waals surface area contributed by atoms with Gasteiger partial charge < -0.3 is 10.4 Å². The first-order chi connectivity index (χ1) is 15.3. The molecule has 32 heavy (non-hydrogen) atoms. The van der Waals surface area contributed by atoms with Crippen molar-refractivity contribution in [2.24, 2.45) is 5.92 Å². The molecular formula is C22H21FN4O4S. The Labute approximate surface area is 184 Å². The first kappa shape index (κ1) is 21.8. The van der Waals surface area contributed by atoms with Crippen molar-refractivity contribution in [1.29, 1.82) is 0 Å². The number of hydrogen-bond donors (Lipinski definition) is 2. The Morgan fingerprint density at radius 3 is 2.53 bits per heavy atom. The standard InChI is InChI=1S/C22H21FN4O4S/c23-17-6-8-20(9-7-17)32(30,31)27-10-2-4-16(14-27)22(29)26-18-12-24-21(25-13-18)15-3-1-5-19(28)11-15/h1,3,5-9,11-13,16,28H,2,4,10,14H2,(H,26,29). The van der Waals surface area contributed by atoms with Crippen molar-refractivity contribution < 1.29 is 22.7 Å². The van der Waals surface area contributed by atoms with Crippen LogP contribution in [-0.2, 0) is 14.8 Å².